The molecule has 1 N–H and O–H groups in total. The van der Waals surface area contributed by atoms with Crippen LogP contribution in [0.3, 0.4) is 0 Å². The van der Waals surface area contributed by atoms with Gasteiger partial charge in [0.15, 0.2) is 0 Å². The number of nitrogens with one attached hydrogen (secondary N) is 1. The highest BCUT2D eigenvalue weighted by Crippen LogP contribution is 2.29. The summed E-state index contributed by atoms with van der Waals surface area (Å²) >= 11 is 0. The first-order valence-electron chi connectivity index (χ1n) is 10.1. The SMILES string of the molecule is CON(C)C(=O)c1ccc(C(O[C@@H](CC(C)C)C(=O)NCC#N)c2ccccc2)cc1. The molecule has 0 fully saturated rings. The van der Waals surface area contributed by atoms with Crippen LogP contribution in [-0.4, -0.2) is 43.7 Å². The molecule has 0 radical (unpaired) electrons. The Morgan fingerprint density at radius 3 is 2.23 bits per heavy atom. The Kier molecular flexibility index (Phi) is 9.19. The number of amides is 2. The van der Waals surface area contributed by atoms with E-state index in [0.29, 0.717) is 12.0 Å². The summed E-state index contributed by atoms with van der Waals surface area (Å²) in [6.45, 7) is 3.95. The van der Waals surface area contributed by atoms with E-state index in [1.165, 1.54) is 7.11 Å². The largest absolute Gasteiger partial charge is 0.356 e. The van der Waals surface area contributed by atoms with E-state index >= 15 is 0 Å². The molecule has 2 rings (SSSR count). The third-order valence-electron chi connectivity index (χ3n) is 4.74. The Morgan fingerprint density at radius 1 is 1.06 bits per heavy atom. The number of ether oxygens (including phenoxy) is 1. The number of carbonyl (C=O) groups is 2. The van der Waals surface area contributed by atoms with Crippen LogP contribution in [0.15, 0.2) is 54.6 Å². The molecule has 164 valence electrons. The van der Waals surface area contributed by atoms with Gasteiger partial charge >= 0.3 is 0 Å². The van der Waals surface area contributed by atoms with Crippen LogP contribution in [0.4, 0.5) is 0 Å². The quantitative estimate of drug-likeness (QED) is 0.467. The molecule has 2 atom stereocenters. The smallest absolute Gasteiger partial charge is 0.277 e. The van der Waals surface area contributed by atoms with Gasteiger partial charge in [-0.3, -0.25) is 14.4 Å². The minimum atomic E-state index is -0.723. The fraction of sp³-hybridized carbons (Fsp3) is 0.375. The number of hydrogen-bond acceptors (Lipinski definition) is 5. The molecular weight excluding hydrogens is 394 g/mol. The van der Waals surface area contributed by atoms with Gasteiger partial charge in [0.2, 0.25) is 5.91 Å². The van der Waals surface area contributed by atoms with E-state index in [-0.39, 0.29) is 24.3 Å². The molecular formula is C24H29N3O4. The monoisotopic (exact) mass is 423 g/mol. The number of carbonyl (C=O) groups excluding carboxylic acids is 2. The van der Waals surface area contributed by atoms with Gasteiger partial charge in [-0.25, -0.2) is 5.06 Å². The Labute approximate surface area is 183 Å². The molecule has 2 amide bonds. The van der Waals surface area contributed by atoms with E-state index in [1.54, 1.807) is 19.2 Å². The molecule has 0 bridgehead atoms. The van der Waals surface area contributed by atoms with E-state index in [4.69, 9.17) is 14.8 Å². The third-order valence-corrected chi connectivity index (χ3v) is 4.74. The molecule has 0 aliphatic heterocycles. The summed E-state index contributed by atoms with van der Waals surface area (Å²) in [5, 5.41) is 12.6. The molecule has 1 unspecified atom stereocenters. The molecule has 0 heterocycles. The highest BCUT2D eigenvalue weighted by Gasteiger charge is 2.26. The summed E-state index contributed by atoms with van der Waals surface area (Å²) in [5.41, 5.74) is 2.17. The van der Waals surface area contributed by atoms with E-state index < -0.39 is 12.2 Å². The first kappa shape index (κ1) is 24.1. The lowest BCUT2D eigenvalue weighted by molar-refractivity contribution is -0.136. The van der Waals surface area contributed by atoms with Crippen LogP contribution >= 0.6 is 0 Å². The second-order valence-electron chi connectivity index (χ2n) is 7.53. The van der Waals surface area contributed by atoms with Gasteiger partial charge in [0, 0.05) is 12.6 Å². The second kappa shape index (κ2) is 11.8. The summed E-state index contributed by atoms with van der Waals surface area (Å²) in [6.07, 6.45) is -0.725. The summed E-state index contributed by atoms with van der Waals surface area (Å²) in [7, 11) is 2.97. The first-order valence-corrected chi connectivity index (χ1v) is 10.1. The van der Waals surface area contributed by atoms with Gasteiger partial charge in [0.05, 0.1) is 13.2 Å². The summed E-state index contributed by atoms with van der Waals surface area (Å²) < 4.78 is 6.32. The lowest BCUT2D eigenvalue weighted by Crippen LogP contribution is -2.38. The van der Waals surface area contributed by atoms with Crippen molar-refractivity contribution in [1.82, 2.24) is 10.4 Å². The van der Waals surface area contributed by atoms with Crippen LogP contribution < -0.4 is 5.32 Å². The van der Waals surface area contributed by atoms with E-state index in [0.717, 1.165) is 16.2 Å². The average molecular weight is 424 g/mol. The maximum atomic E-state index is 12.6. The zero-order valence-corrected chi connectivity index (χ0v) is 18.4. The van der Waals surface area contributed by atoms with Gasteiger partial charge in [0.25, 0.3) is 5.91 Å². The molecule has 31 heavy (non-hydrogen) atoms. The van der Waals surface area contributed by atoms with Gasteiger partial charge in [-0.2, -0.15) is 5.26 Å². The second-order valence-corrected chi connectivity index (χ2v) is 7.53. The molecule has 2 aromatic rings. The van der Waals surface area contributed by atoms with Gasteiger partial charge < -0.3 is 10.1 Å². The van der Waals surface area contributed by atoms with Gasteiger partial charge in [-0.05, 0) is 35.6 Å². The zero-order valence-electron chi connectivity index (χ0n) is 18.4. The van der Waals surface area contributed by atoms with E-state index in [1.807, 2.05) is 62.4 Å². The van der Waals surface area contributed by atoms with E-state index in [9.17, 15) is 9.59 Å². The molecule has 0 saturated carbocycles. The topological polar surface area (TPSA) is 91.7 Å². The highest BCUT2D eigenvalue weighted by atomic mass is 16.7. The zero-order chi connectivity index (χ0) is 22.8. The molecule has 7 heteroatoms. The molecule has 0 aromatic heterocycles. The normalized spacial score (nSPS) is 12.6. The Hall–Kier alpha value is -3.21. The summed E-state index contributed by atoms with van der Waals surface area (Å²) in [5.74, 6) is -0.358. The van der Waals surface area contributed by atoms with Gasteiger partial charge in [-0.1, -0.05) is 56.3 Å². The van der Waals surface area contributed by atoms with Crippen LogP contribution in [-0.2, 0) is 14.4 Å². The Bertz CT molecular complexity index is 891. The maximum Gasteiger partial charge on any atom is 0.277 e. The molecule has 7 nitrogen and oxygen atoms in total. The van der Waals surface area contributed by atoms with Crippen LogP contribution in [0.1, 0.15) is 47.9 Å². The maximum absolute atomic E-state index is 12.6. The van der Waals surface area contributed by atoms with Crippen molar-refractivity contribution in [2.45, 2.75) is 32.5 Å². The average Bonchev–Trinajstić information content (AvgIpc) is 2.79. The Balaban J connectivity index is 2.35. The van der Waals surface area contributed by atoms with Crippen molar-refractivity contribution in [3.63, 3.8) is 0 Å². The van der Waals surface area contributed by atoms with Crippen molar-refractivity contribution < 1.29 is 19.2 Å². The number of nitrogens with zero attached hydrogens (tertiary/aromatic N) is 2. The van der Waals surface area contributed by atoms with Gasteiger partial charge in [0.1, 0.15) is 18.8 Å². The highest BCUT2D eigenvalue weighted by molar-refractivity contribution is 5.93. The lowest BCUT2D eigenvalue weighted by atomic mass is 9.98. The molecule has 2 aromatic carbocycles. The van der Waals surface area contributed by atoms with Crippen molar-refractivity contribution in [2.24, 2.45) is 5.92 Å². The van der Waals surface area contributed by atoms with Crippen molar-refractivity contribution in [3.8, 4) is 6.07 Å². The molecule has 0 aliphatic carbocycles. The molecule has 0 aliphatic rings. The first-order chi connectivity index (χ1) is 14.9. The lowest BCUT2D eigenvalue weighted by Gasteiger charge is -2.26. The predicted octanol–water partition coefficient (Wildman–Crippen LogP) is 3.48. The number of hydrogen-bond donors (Lipinski definition) is 1. The Morgan fingerprint density at radius 2 is 1.68 bits per heavy atom. The molecule has 0 saturated heterocycles. The predicted molar refractivity (Wildman–Crippen MR) is 117 cm³/mol. The van der Waals surface area contributed by atoms with Gasteiger partial charge in [-0.15, -0.1) is 0 Å². The third kappa shape index (κ3) is 6.92. The number of rotatable bonds is 10. The van der Waals surface area contributed by atoms with Crippen molar-refractivity contribution in [3.05, 3.63) is 71.3 Å². The van der Waals surface area contributed by atoms with Crippen LogP contribution in [0.2, 0.25) is 0 Å². The fourth-order valence-corrected chi connectivity index (χ4v) is 3.10. The standard InChI is InChI=1S/C24H29N3O4/c1-17(2)16-21(23(28)26-15-14-25)31-22(18-8-6-5-7-9-18)19-10-12-20(13-11-19)24(29)27(3)30-4/h5-13,17,21-22H,15-16H2,1-4H3,(H,26,28)/t21-,22?/m0/s1. The van der Waals surface area contributed by atoms with Crippen LogP contribution in [0.5, 0.6) is 0 Å². The van der Waals surface area contributed by atoms with Crippen molar-refractivity contribution >= 4 is 11.8 Å². The van der Waals surface area contributed by atoms with Crippen molar-refractivity contribution in [2.75, 3.05) is 20.7 Å². The number of nitriles is 1. The number of hydroxylamine groups is 2. The van der Waals surface area contributed by atoms with E-state index in [2.05, 4.69) is 5.32 Å². The fourth-order valence-electron chi connectivity index (χ4n) is 3.10. The summed E-state index contributed by atoms with van der Waals surface area (Å²) in [6, 6.07) is 18.6. The summed E-state index contributed by atoms with van der Waals surface area (Å²) in [4.78, 5) is 29.9. The number of benzene rings is 2. The van der Waals surface area contributed by atoms with Crippen molar-refractivity contribution in [1.29, 1.82) is 5.26 Å². The molecule has 0 spiro atoms. The minimum Gasteiger partial charge on any atom is -0.356 e. The van der Waals surface area contributed by atoms with Crippen LogP contribution in [0, 0.1) is 17.2 Å². The minimum absolute atomic E-state index is 0.0728. The van der Waals surface area contributed by atoms with Crippen LogP contribution in [0.25, 0.3) is 0 Å².